The van der Waals surface area contributed by atoms with Gasteiger partial charge in [0, 0.05) is 0 Å². The lowest BCUT2D eigenvalue weighted by atomic mass is 10.0. The highest BCUT2D eigenvalue weighted by Gasteiger charge is 2.16. The molecule has 0 spiro atoms. The first-order chi connectivity index (χ1) is 9.99. The topological polar surface area (TPSA) is 63.6 Å². The zero-order chi connectivity index (χ0) is 16.0. The van der Waals surface area contributed by atoms with Gasteiger partial charge in [-0.2, -0.15) is 8.42 Å². The van der Waals surface area contributed by atoms with Crippen LogP contribution in [0.25, 0.3) is 0 Å². The van der Waals surface area contributed by atoms with Gasteiger partial charge in [0.25, 0.3) is 0 Å². The first-order valence-corrected chi connectivity index (χ1v) is 10.0. The van der Waals surface area contributed by atoms with Gasteiger partial charge in [0.1, 0.15) is 0 Å². The van der Waals surface area contributed by atoms with Gasteiger partial charge in [-0.3, -0.25) is 4.55 Å². The molecule has 0 bridgehead atoms. The molecule has 0 aliphatic carbocycles. The zero-order valence-corrected chi connectivity index (χ0v) is 14.7. The Bertz CT molecular complexity index is 314. The van der Waals surface area contributed by atoms with Crippen LogP contribution in [0.3, 0.4) is 0 Å². The van der Waals surface area contributed by atoms with E-state index in [4.69, 9.17) is 8.74 Å². The van der Waals surface area contributed by atoms with Crippen LogP contribution in [-0.4, -0.2) is 19.1 Å². The summed E-state index contributed by atoms with van der Waals surface area (Å²) < 4.78 is 35.4. The lowest BCUT2D eigenvalue weighted by Crippen LogP contribution is -2.18. The number of unbranched alkanes of at least 4 members (excludes halogenated alkanes) is 9. The quantitative estimate of drug-likeness (QED) is 0.329. The van der Waals surface area contributed by atoms with Gasteiger partial charge in [0.2, 0.25) is 0 Å². The highest BCUT2D eigenvalue weighted by Crippen LogP contribution is 2.17. The largest absolute Gasteiger partial charge is 0.397 e. The summed E-state index contributed by atoms with van der Waals surface area (Å²) in [6.07, 6.45) is 13.8. The van der Waals surface area contributed by atoms with Crippen LogP contribution in [0.1, 0.15) is 97.3 Å². The van der Waals surface area contributed by atoms with Gasteiger partial charge in [0.05, 0.1) is 6.10 Å². The van der Waals surface area contributed by atoms with Crippen molar-refractivity contribution in [1.82, 2.24) is 0 Å². The van der Waals surface area contributed by atoms with Gasteiger partial charge in [-0.05, 0) is 12.8 Å². The van der Waals surface area contributed by atoms with Crippen molar-refractivity contribution in [2.24, 2.45) is 0 Å². The number of hydrogen-bond donors (Lipinski definition) is 1. The Balaban J connectivity index is 3.82. The molecular formula is C16H34O4S. The highest BCUT2D eigenvalue weighted by molar-refractivity contribution is 7.80. The second-order valence-electron chi connectivity index (χ2n) is 5.91. The lowest BCUT2D eigenvalue weighted by Gasteiger charge is -2.15. The van der Waals surface area contributed by atoms with E-state index in [0.717, 1.165) is 51.4 Å². The fraction of sp³-hybridized carbons (Fsp3) is 1.00. The minimum absolute atomic E-state index is 0.354. The predicted molar refractivity (Wildman–Crippen MR) is 87.8 cm³/mol. The third kappa shape index (κ3) is 16.1. The number of hydrogen-bond acceptors (Lipinski definition) is 3. The van der Waals surface area contributed by atoms with Crippen molar-refractivity contribution >= 4 is 10.4 Å². The van der Waals surface area contributed by atoms with Crippen molar-refractivity contribution in [3.63, 3.8) is 0 Å². The molecule has 5 heteroatoms. The van der Waals surface area contributed by atoms with Crippen LogP contribution in [0.15, 0.2) is 0 Å². The molecule has 0 amide bonds. The summed E-state index contributed by atoms with van der Waals surface area (Å²) in [4.78, 5) is 0. The average molecular weight is 323 g/mol. The molecule has 0 aromatic carbocycles. The molecule has 0 saturated carbocycles. The molecule has 1 atom stereocenters. The third-order valence-electron chi connectivity index (χ3n) is 3.77. The predicted octanol–water partition coefficient (Wildman–Crippen LogP) is 5.29. The molecule has 0 heterocycles. The van der Waals surface area contributed by atoms with Crippen molar-refractivity contribution < 1.29 is 17.2 Å². The second kappa shape index (κ2) is 13.5. The van der Waals surface area contributed by atoms with E-state index in [-0.39, 0.29) is 6.10 Å². The van der Waals surface area contributed by atoms with Crippen molar-refractivity contribution in [3.8, 4) is 0 Å². The SMILES string of the molecule is CCCCCCCCCC(CCCCCC)OS(=O)(=O)O. The van der Waals surface area contributed by atoms with E-state index in [2.05, 4.69) is 13.8 Å². The molecular weight excluding hydrogens is 288 g/mol. The molecule has 0 fully saturated rings. The molecule has 0 aromatic heterocycles. The van der Waals surface area contributed by atoms with Crippen LogP contribution in [0, 0.1) is 0 Å². The third-order valence-corrected chi connectivity index (χ3v) is 4.28. The van der Waals surface area contributed by atoms with Crippen molar-refractivity contribution in [2.45, 2.75) is 103 Å². The summed E-state index contributed by atoms with van der Waals surface area (Å²) in [5, 5.41) is 0. The average Bonchev–Trinajstić information content (AvgIpc) is 2.40. The van der Waals surface area contributed by atoms with Crippen LogP contribution in [0.5, 0.6) is 0 Å². The van der Waals surface area contributed by atoms with E-state index in [0.29, 0.717) is 0 Å². The van der Waals surface area contributed by atoms with Gasteiger partial charge in [-0.25, -0.2) is 4.18 Å². The molecule has 0 aromatic rings. The maximum absolute atomic E-state index is 10.9. The van der Waals surface area contributed by atoms with Crippen LogP contribution in [-0.2, 0) is 14.6 Å². The summed E-state index contributed by atoms with van der Waals surface area (Å²) in [6, 6.07) is 0. The first-order valence-electron chi connectivity index (χ1n) is 8.65. The van der Waals surface area contributed by atoms with Gasteiger partial charge < -0.3 is 0 Å². The van der Waals surface area contributed by atoms with E-state index >= 15 is 0 Å². The fourth-order valence-corrected chi connectivity index (χ4v) is 3.08. The zero-order valence-electron chi connectivity index (χ0n) is 13.8. The maximum atomic E-state index is 10.9. The van der Waals surface area contributed by atoms with E-state index < -0.39 is 10.4 Å². The van der Waals surface area contributed by atoms with Crippen molar-refractivity contribution in [2.75, 3.05) is 0 Å². The summed E-state index contributed by atoms with van der Waals surface area (Å²) in [7, 11) is -4.32. The Labute approximate surface area is 131 Å². The second-order valence-corrected chi connectivity index (χ2v) is 6.95. The molecule has 1 unspecified atom stereocenters. The monoisotopic (exact) mass is 322 g/mol. The Hall–Kier alpha value is -0.130. The van der Waals surface area contributed by atoms with E-state index in [1.54, 1.807) is 0 Å². The Morgan fingerprint density at radius 1 is 0.762 bits per heavy atom. The van der Waals surface area contributed by atoms with E-state index in [1.165, 1.54) is 32.1 Å². The normalized spacial score (nSPS) is 13.5. The molecule has 128 valence electrons. The Kier molecular flexibility index (Phi) is 13.4. The highest BCUT2D eigenvalue weighted by atomic mass is 32.3. The lowest BCUT2D eigenvalue weighted by molar-refractivity contribution is 0.157. The molecule has 0 aliphatic heterocycles. The Morgan fingerprint density at radius 3 is 1.57 bits per heavy atom. The number of rotatable bonds is 15. The summed E-state index contributed by atoms with van der Waals surface area (Å²) in [5.74, 6) is 0. The summed E-state index contributed by atoms with van der Waals surface area (Å²) in [6.45, 7) is 4.35. The fourth-order valence-electron chi connectivity index (χ4n) is 2.54. The van der Waals surface area contributed by atoms with Crippen LogP contribution >= 0.6 is 0 Å². The first kappa shape index (κ1) is 20.9. The van der Waals surface area contributed by atoms with Crippen LogP contribution in [0.2, 0.25) is 0 Å². The van der Waals surface area contributed by atoms with Crippen LogP contribution in [0.4, 0.5) is 0 Å². The molecule has 21 heavy (non-hydrogen) atoms. The van der Waals surface area contributed by atoms with Gasteiger partial charge >= 0.3 is 10.4 Å². The van der Waals surface area contributed by atoms with Gasteiger partial charge in [-0.1, -0.05) is 84.5 Å². The van der Waals surface area contributed by atoms with Gasteiger partial charge in [0.15, 0.2) is 0 Å². The van der Waals surface area contributed by atoms with E-state index in [1.807, 2.05) is 0 Å². The standard InChI is InChI=1S/C16H34O4S/c1-3-5-7-9-10-11-13-15-16(20-21(17,18)19)14-12-8-6-4-2/h16H,3-15H2,1-2H3,(H,17,18,19). The van der Waals surface area contributed by atoms with Gasteiger partial charge in [-0.15, -0.1) is 0 Å². The molecule has 0 rings (SSSR count). The minimum Gasteiger partial charge on any atom is -0.264 e. The molecule has 0 radical (unpaired) electrons. The molecule has 0 aliphatic rings. The molecule has 0 saturated heterocycles. The molecule has 4 nitrogen and oxygen atoms in total. The maximum Gasteiger partial charge on any atom is 0.397 e. The smallest absolute Gasteiger partial charge is 0.264 e. The summed E-state index contributed by atoms with van der Waals surface area (Å²) >= 11 is 0. The van der Waals surface area contributed by atoms with Crippen molar-refractivity contribution in [1.29, 1.82) is 0 Å². The Morgan fingerprint density at radius 2 is 1.14 bits per heavy atom. The van der Waals surface area contributed by atoms with Crippen LogP contribution < -0.4 is 0 Å². The minimum atomic E-state index is -4.32. The molecule has 1 N–H and O–H groups in total. The van der Waals surface area contributed by atoms with Crippen molar-refractivity contribution in [3.05, 3.63) is 0 Å². The van der Waals surface area contributed by atoms with E-state index in [9.17, 15) is 8.42 Å². The summed E-state index contributed by atoms with van der Waals surface area (Å²) in [5.41, 5.74) is 0.